The van der Waals surface area contributed by atoms with E-state index in [0.717, 1.165) is 15.3 Å². The fourth-order valence-electron chi connectivity index (χ4n) is 11.5. The van der Waals surface area contributed by atoms with Gasteiger partial charge < -0.3 is 73.3 Å². The molecule has 7 N–H and O–H groups in total. The lowest BCUT2D eigenvalue weighted by Crippen LogP contribution is -2.51. The van der Waals surface area contributed by atoms with Crippen LogP contribution in [-0.4, -0.2) is 208 Å². The average molecular weight is 1540 g/mol. The molecule has 41 heteroatoms. The number of rotatable bonds is 33. The molecule has 105 heavy (non-hydrogen) atoms. The topological polar surface area (TPSA) is 344 Å². The van der Waals surface area contributed by atoms with E-state index in [4.69, 9.17) is 50.2 Å². The highest BCUT2D eigenvalue weighted by Crippen LogP contribution is 2.57. The molecule has 4 saturated heterocycles. The zero-order chi connectivity index (χ0) is 78.7. The second-order valence-electron chi connectivity index (χ2n) is 25.9. The molecule has 6 rings (SSSR count). The summed E-state index contributed by atoms with van der Waals surface area (Å²) in [6.45, 7) is 36.8. The molecule has 2 aromatic rings. The predicted octanol–water partition coefficient (Wildman–Crippen LogP) is 5.48. The van der Waals surface area contributed by atoms with Crippen molar-refractivity contribution in [3.63, 3.8) is 0 Å². The van der Waals surface area contributed by atoms with E-state index in [1.54, 1.807) is 24.5 Å². The summed E-state index contributed by atoms with van der Waals surface area (Å²) in [6, 6.07) is -3.16. The molecule has 5 amide bonds. The number of hydrogen-bond donors (Lipinski definition) is 7. The molecule has 0 saturated carbocycles. The Morgan fingerprint density at radius 3 is 1.34 bits per heavy atom. The van der Waals surface area contributed by atoms with Gasteiger partial charge in [-0.05, 0) is 99.8 Å². The van der Waals surface area contributed by atoms with Crippen molar-refractivity contribution in [3.05, 3.63) is 88.0 Å². The first kappa shape index (κ1) is 88.3. The first-order valence-electron chi connectivity index (χ1n) is 33.5. The summed E-state index contributed by atoms with van der Waals surface area (Å²) in [7, 11) is -3.40. The van der Waals surface area contributed by atoms with Gasteiger partial charge in [0.1, 0.15) is 72.0 Å². The van der Waals surface area contributed by atoms with Crippen LogP contribution in [0, 0.1) is 42.7 Å². The second-order valence-corrected chi connectivity index (χ2v) is 28.7. The predicted molar refractivity (Wildman–Crippen MR) is 359 cm³/mol. The van der Waals surface area contributed by atoms with Crippen LogP contribution in [0.1, 0.15) is 145 Å². The van der Waals surface area contributed by atoms with E-state index >= 15 is 0 Å². The normalized spacial score (nSPS) is 22.3. The number of fused-ring (bicyclic) bond motifs is 4. The zero-order valence-corrected chi connectivity index (χ0v) is 61.5. The monoisotopic (exact) mass is 1540 g/mol. The maximum absolute atomic E-state index is 13.1. The fourth-order valence-corrected chi connectivity index (χ4v) is 15.1. The van der Waals surface area contributed by atoms with Crippen LogP contribution in [-0.2, 0) is 61.0 Å². The fraction of sp³-hybridized carbons (Fsp3) is 0.703. The van der Waals surface area contributed by atoms with Gasteiger partial charge in [0.05, 0.1) is 26.3 Å². The number of unbranched alkanes of at least 4 members (excludes halogenated alkanes) is 1. The number of carbonyl (C=O) groups excluding carboxylic acids is 5. The molecule has 4 bridgehead atoms. The lowest BCUT2D eigenvalue weighted by Gasteiger charge is -2.38. The van der Waals surface area contributed by atoms with Crippen molar-refractivity contribution in [2.45, 2.75) is 224 Å². The first-order valence-corrected chi connectivity index (χ1v) is 35.7. The molecule has 12 atom stereocenters. The molecule has 0 aliphatic carbocycles. The third-order valence-corrected chi connectivity index (χ3v) is 20.6. The molecule has 4 aliphatic rings. The van der Waals surface area contributed by atoms with Crippen LogP contribution >= 0.6 is 17.1 Å². The number of hydrogen-bond acceptors (Lipinski definition) is 19. The number of nitrogens with zero attached hydrogens (tertiary/aromatic N) is 6. The number of halogens is 9. The Kier molecular flexibility index (Phi) is 32.7. The van der Waals surface area contributed by atoms with Gasteiger partial charge in [-0.2, -0.15) is 39.5 Å². The van der Waals surface area contributed by atoms with E-state index in [-0.39, 0.29) is 107 Å². The summed E-state index contributed by atoms with van der Waals surface area (Å²) in [4.78, 5) is 122. The van der Waals surface area contributed by atoms with Gasteiger partial charge in [-0.15, -0.1) is 0 Å². The Bertz CT molecular complexity index is 3790. The Hall–Kier alpha value is -7.36. The van der Waals surface area contributed by atoms with E-state index in [9.17, 15) is 82.7 Å². The summed E-state index contributed by atoms with van der Waals surface area (Å²) < 4.78 is 171. The third-order valence-electron chi connectivity index (χ3n) is 16.4. The van der Waals surface area contributed by atoms with Crippen molar-refractivity contribution in [2.75, 3.05) is 59.2 Å². The standard InChI is InChI=1S/C33H44F6N7O9P.C31H44F3N6O8P/c1-7-31-18-52-23(24(31)55-56(53-16-15-40-6)46(19(2)3)20(4)5)27(54-31)45-17-21(25(47)44-30(45)51)11-10-14-41-26(48)22(43-29(50)33(37,38)39)12-8-9-13-42-28(49)32(34,35)36;1-9-30-17-45-23(24(30)48-49(46-14-13-35-8)40(19(4)5)20(6)7)27(47-30)39-16-21(25(41)38-29(39)44)11-10-12-36-26(42)22(15-18(2)3)37-28(43)31(32,33)34/h17,19-20,22-24,27H,7-9,12-16,18H2,1-5H3,(H,41,48)(H,42,49)(H,43,50)(H,44,47,51);16,18-20,22-24,27H,9,12-15,17H2,1-7H3,(H,36,42)(H,37,43)(H,38,41,44)/t22-,23?,24+,27+,31-,56?;22-,23?,24+,27+,30-,49?/m00/s1. The maximum Gasteiger partial charge on any atom is 0.471 e. The van der Waals surface area contributed by atoms with Gasteiger partial charge in [0.15, 0.2) is 12.5 Å². The summed E-state index contributed by atoms with van der Waals surface area (Å²) >= 11 is 0. The summed E-state index contributed by atoms with van der Waals surface area (Å²) in [6.07, 6.45) is -18.4. The van der Waals surface area contributed by atoms with E-state index in [2.05, 4.69) is 58.6 Å². The van der Waals surface area contributed by atoms with Crippen LogP contribution in [0.25, 0.3) is 9.69 Å². The molecule has 4 aliphatic heterocycles. The van der Waals surface area contributed by atoms with Gasteiger partial charge in [-0.1, -0.05) is 51.4 Å². The summed E-state index contributed by atoms with van der Waals surface area (Å²) in [5, 5.41) is 9.35. The lowest BCUT2D eigenvalue weighted by atomic mass is 9.96. The number of aromatic nitrogens is 4. The van der Waals surface area contributed by atoms with Crippen molar-refractivity contribution in [2.24, 2.45) is 5.92 Å². The molecule has 0 spiro atoms. The number of alkyl halides is 9. The number of ether oxygens (including phenoxy) is 4. The molecule has 2 aromatic heterocycles. The minimum atomic E-state index is -5.35. The van der Waals surface area contributed by atoms with Crippen LogP contribution in [0.15, 0.2) is 31.6 Å². The molecule has 6 heterocycles. The zero-order valence-electron chi connectivity index (χ0n) is 59.7. The van der Waals surface area contributed by atoms with Crippen molar-refractivity contribution in [3.8, 4) is 23.7 Å². The Morgan fingerprint density at radius 1 is 0.610 bits per heavy atom. The van der Waals surface area contributed by atoms with Crippen LogP contribution in [0.2, 0.25) is 0 Å². The minimum absolute atomic E-state index is 0.00392. The number of aromatic amines is 2. The number of H-pyrrole nitrogens is 2. The van der Waals surface area contributed by atoms with Crippen molar-refractivity contribution in [1.29, 1.82) is 0 Å². The molecule has 0 aromatic carbocycles. The first-order chi connectivity index (χ1) is 49.1. The summed E-state index contributed by atoms with van der Waals surface area (Å²) in [5.41, 5.74) is -5.72. The number of carbonyl (C=O) groups is 5. The highest BCUT2D eigenvalue weighted by molar-refractivity contribution is 7.45. The third kappa shape index (κ3) is 23.8. The lowest BCUT2D eigenvalue weighted by molar-refractivity contribution is -0.175. The minimum Gasteiger partial charge on any atom is -0.368 e. The largest absolute Gasteiger partial charge is 0.471 e. The highest BCUT2D eigenvalue weighted by Gasteiger charge is 2.65. The highest BCUT2D eigenvalue weighted by atomic mass is 31.2. The van der Waals surface area contributed by atoms with Crippen molar-refractivity contribution in [1.82, 2.24) is 55.0 Å². The van der Waals surface area contributed by atoms with E-state index in [0.29, 0.717) is 12.8 Å². The van der Waals surface area contributed by atoms with Gasteiger partial charge in [0.2, 0.25) is 24.9 Å². The Balaban J connectivity index is 0.000000380. The van der Waals surface area contributed by atoms with Gasteiger partial charge in [-0.3, -0.25) is 52.7 Å². The van der Waals surface area contributed by atoms with Gasteiger partial charge in [-0.25, -0.2) is 32.1 Å². The van der Waals surface area contributed by atoms with Crippen LogP contribution in [0.5, 0.6) is 0 Å². The average Bonchev–Trinajstić information content (AvgIpc) is 1.58. The van der Waals surface area contributed by atoms with Gasteiger partial charge >= 0.3 is 47.6 Å². The van der Waals surface area contributed by atoms with E-state index in [1.165, 1.54) is 11.5 Å². The molecule has 0 radical (unpaired) electrons. The van der Waals surface area contributed by atoms with E-state index < -0.39 is 167 Å². The quantitative estimate of drug-likeness (QED) is 0.0153. The van der Waals surface area contributed by atoms with Gasteiger partial charge in [0, 0.05) is 43.1 Å². The van der Waals surface area contributed by atoms with E-state index in [1.807, 2.05) is 73.9 Å². The molecule has 30 nitrogen and oxygen atoms in total. The molecule has 4 fully saturated rings. The summed E-state index contributed by atoms with van der Waals surface area (Å²) in [5.74, 6) is 0.969. The van der Waals surface area contributed by atoms with Crippen LogP contribution < -0.4 is 49.1 Å². The Labute approximate surface area is 601 Å². The molecular formula is C64H88F9N13O17P2. The van der Waals surface area contributed by atoms with Crippen LogP contribution in [0.3, 0.4) is 0 Å². The SMILES string of the molecule is [C-]#[N+]CCOP(O[C@@H]1C2OC[C@]1(CC)O[C@H]2n1cc(C#CCNC(=O)[C@H](CC(C)C)NC(=O)C(F)(F)F)c(=O)[nH]c1=O)N(C(C)C)C(C)C.[C-]#[N+]CCOP(O[C@@H]1C2OC[C@]1(CC)O[C@H]2n1cc(C#CCNC(=O)[C@H](CCCCNC(=O)C(F)(F)F)NC(=O)C(F)(F)F)c(=O)[nH]c1=O)N(C(C)C)C(C)C. The van der Waals surface area contributed by atoms with Crippen molar-refractivity contribution >= 4 is 46.6 Å². The van der Waals surface area contributed by atoms with Gasteiger partial charge in [0.25, 0.3) is 28.2 Å². The maximum atomic E-state index is 13.1. The number of amides is 5. The molecular weight excluding hydrogens is 1460 g/mol. The number of nitrogens with one attached hydrogen (secondary N) is 7. The second kappa shape index (κ2) is 39.0. The van der Waals surface area contributed by atoms with Crippen molar-refractivity contribution < 1.29 is 101 Å². The van der Waals surface area contributed by atoms with Crippen LogP contribution in [0.4, 0.5) is 39.5 Å². The Morgan fingerprint density at radius 2 is 0.990 bits per heavy atom. The molecule has 584 valence electrons. The smallest absolute Gasteiger partial charge is 0.368 e. The molecule has 4 unspecified atom stereocenters.